The van der Waals surface area contributed by atoms with Crippen LogP contribution >= 0.6 is 0 Å². The Bertz CT molecular complexity index is 317. The number of hydrogen-bond acceptors (Lipinski definition) is 4. The van der Waals surface area contributed by atoms with E-state index >= 15 is 0 Å². The minimum Gasteiger partial charge on any atom is -0.364 e. The van der Waals surface area contributed by atoms with Crippen LogP contribution in [0.5, 0.6) is 0 Å². The summed E-state index contributed by atoms with van der Waals surface area (Å²) in [5.41, 5.74) is 0.561. The zero-order chi connectivity index (χ0) is 9.26. The molecule has 0 aromatic carbocycles. The summed E-state index contributed by atoms with van der Waals surface area (Å²) in [6.07, 6.45) is 1.40. The van der Waals surface area contributed by atoms with Crippen LogP contribution in [0, 0.1) is 0 Å². The Balaban J connectivity index is 2.09. The molecule has 0 unspecified atom stereocenters. The third-order valence-corrected chi connectivity index (χ3v) is 1.75. The van der Waals surface area contributed by atoms with Crippen molar-refractivity contribution in [1.82, 2.24) is 15.4 Å². The highest BCUT2D eigenvalue weighted by atomic mass is 16.5. The molecule has 6 heteroatoms. The van der Waals surface area contributed by atoms with Gasteiger partial charge in [0.25, 0.3) is 0 Å². The maximum absolute atomic E-state index is 11.1. The van der Waals surface area contributed by atoms with Gasteiger partial charge in [-0.05, 0) is 0 Å². The van der Waals surface area contributed by atoms with Crippen molar-refractivity contribution in [1.29, 1.82) is 0 Å². The van der Waals surface area contributed by atoms with Gasteiger partial charge in [-0.2, -0.15) is 0 Å². The molecule has 68 valence electrons. The lowest BCUT2D eigenvalue weighted by molar-refractivity contribution is -0.125. The molecule has 0 spiro atoms. The van der Waals surface area contributed by atoms with Crippen molar-refractivity contribution in [3.8, 4) is 0 Å². The number of hydrogen-bond donors (Lipinski definition) is 1. The van der Waals surface area contributed by atoms with Crippen LogP contribution in [-0.2, 0) is 11.3 Å². The Morgan fingerprint density at radius 3 is 3.00 bits per heavy atom. The van der Waals surface area contributed by atoms with E-state index in [1.54, 1.807) is 6.07 Å². The molecular weight excluding hydrogens is 174 g/mol. The number of amides is 3. The molecule has 2 rings (SSSR count). The van der Waals surface area contributed by atoms with Gasteiger partial charge < -0.3 is 9.84 Å². The number of nitrogens with zero attached hydrogens (tertiary/aromatic N) is 2. The molecular formula is C7H7N3O3. The van der Waals surface area contributed by atoms with Crippen molar-refractivity contribution in [3.05, 3.63) is 18.0 Å². The fraction of sp³-hybridized carbons (Fsp3) is 0.286. The molecule has 1 aliphatic rings. The maximum atomic E-state index is 11.1. The summed E-state index contributed by atoms with van der Waals surface area (Å²) in [7, 11) is 0. The van der Waals surface area contributed by atoms with E-state index < -0.39 is 0 Å². The average molecular weight is 181 g/mol. The van der Waals surface area contributed by atoms with Gasteiger partial charge in [0.15, 0.2) is 0 Å². The number of nitrogens with one attached hydrogen (secondary N) is 1. The monoisotopic (exact) mass is 181 g/mol. The highest BCUT2D eigenvalue weighted by molar-refractivity contribution is 6.01. The van der Waals surface area contributed by atoms with Crippen molar-refractivity contribution in [2.75, 3.05) is 6.54 Å². The number of carbonyl (C=O) groups excluding carboxylic acids is 2. The highest BCUT2D eigenvalue weighted by Gasteiger charge is 2.28. The molecule has 1 aromatic rings. The predicted octanol–water partition coefficient (Wildman–Crippen LogP) is -0.274. The summed E-state index contributed by atoms with van der Waals surface area (Å²) in [5.74, 6) is -0.243. The zero-order valence-corrected chi connectivity index (χ0v) is 6.69. The SMILES string of the molecule is O=C1CNC(=O)N1Cc1ccon1. The zero-order valence-electron chi connectivity index (χ0n) is 6.69. The van der Waals surface area contributed by atoms with Gasteiger partial charge in [-0.15, -0.1) is 0 Å². The van der Waals surface area contributed by atoms with E-state index in [1.807, 2.05) is 0 Å². The fourth-order valence-corrected chi connectivity index (χ4v) is 1.10. The van der Waals surface area contributed by atoms with Gasteiger partial charge in [-0.1, -0.05) is 5.16 Å². The third-order valence-electron chi connectivity index (χ3n) is 1.75. The molecule has 0 saturated carbocycles. The molecule has 1 N–H and O–H groups in total. The first-order chi connectivity index (χ1) is 6.27. The van der Waals surface area contributed by atoms with Crippen LogP contribution in [0.25, 0.3) is 0 Å². The first kappa shape index (κ1) is 7.78. The largest absolute Gasteiger partial charge is 0.364 e. The second-order valence-corrected chi connectivity index (χ2v) is 2.63. The Kier molecular flexibility index (Phi) is 1.73. The Labute approximate surface area is 73.5 Å². The molecule has 0 bridgehead atoms. The highest BCUT2D eigenvalue weighted by Crippen LogP contribution is 2.05. The molecule has 3 amide bonds. The number of carbonyl (C=O) groups is 2. The standard InChI is InChI=1S/C7H7N3O3/c11-6-3-8-7(12)10(6)4-5-1-2-13-9-5/h1-2H,3-4H2,(H,8,12). The van der Waals surface area contributed by atoms with Crippen LogP contribution in [0.1, 0.15) is 5.69 Å². The summed E-state index contributed by atoms with van der Waals surface area (Å²) < 4.78 is 4.58. The first-order valence-electron chi connectivity index (χ1n) is 3.75. The topological polar surface area (TPSA) is 75.4 Å². The van der Waals surface area contributed by atoms with Crippen LogP contribution < -0.4 is 5.32 Å². The van der Waals surface area contributed by atoms with Crippen LogP contribution in [0.4, 0.5) is 4.79 Å². The molecule has 0 aliphatic carbocycles. The molecule has 0 radical (unpaired) electrons. The van der Waals surface area contributed by atoms with Gasteiger partial charge in [0, 0.05) is 6.07 Å². The van der Waals surface area contributed by atoms with Gasteiger partial charge >= 0.3 is 6.03 Å². The van der Waals surface area contributed by atoms with Crippen LogP contribution in [-0.4, -0.2) is 28.5 Å². The summed E-state index contributed by atoms with van der Waals surface area (Å²) in [4.78, 5) is 23.2. The third kappa shape index (κ3) is 1.37. The Morgan fingerprint density at radius 2 is 2.46 bits per heavy atom. The van der Waals surface area contributed by atoms with Crippen molar-refractivity contribution in [2.24, 2.45) is 0 Å². The average Bonchev–Trinajstić information content (AvgIpc) is 2.70. The predicted molar refractivity (Wildman–Crippen MR) is 40.5 cm³/mol. The lowest BCUT2D eigenvalue weighted by Gasteiger charge is -2.08. The lowest BCUT2D eigenvalue weighted by Crippen LogP contribution is -2.30. The van der Waals surface area contributed by atoms with Gasteiger partial charge in [0.05, 0.1) is 13.1 Å². The number of imide groups is 1. The van der Waals surface area contributed by atoms with E-state index in [0.29, 0.717) is 5.69 Å². The van der Waals surface area contributed by atoms with E-state index in [2.05, 4.69) is 15.0 Å². The van der Waals surface area contributed by atoms with Crippen molar-refractivity contribution in [2.45, 2.75) is 6.54 Å². The van der Waals surface area contributed by atoms with Crippen molar-refractivity contribution < 1.29 is 14.1 Å². The van der Waals surface area contributed by atoms with E-state index in [0.717, 1.165) is 4.90 Å². The molecule has 1 aromatic heterocycles. The fourth-order valence-electron chi connectivity index (χ4n) is 1.10. The molecule has 1 fully saturated rings. The molecule has 1 aliphatic heterocycles. The van der Waals surface area contributed by atoms with Crippen LogP contribution in [0.15, 0.2) is 16.9 Å². The number of urea groups is 1. The van der Waals surface area contributed by atoms with E-state index in [4.69, 9.17) is 0 Å². The van der Waals surface area contributed by atoms with Gasteiger partial charge in [-0.25, -0.2) is 4.79 Å². The maximum Gasteiger partial charge on any atom is 0.324 e. The first-order valence-corrected chi connectivity index (χ1v) is 3.75. The lowest BCUT2D eigenvalue weighted by atomic mass is 10.4. The van der Waals surface area contributed by atoms with Crippen LogP contribution in [0.2, 0.25) is 0 Å². The van der Waals surface area contributed by atoms with Crippen molar-refractivity contribution >= 4 is 11.9 Å². The minimum absolute atomic E-state index is 0.0662. The van der Waals surface area contributed by atoms with E-state index in [-0.39, 0.29) is 25.0 Å². The molecule has 6 nitrogen and oxygen atoms in total. The summed E-state index contributed by atoms with van der Waals surface area (Å²) in [6.45, 7) is 0.234. The second-order valence-electron chi connectivity index (χ2n) is 2.63. The van der Waals surface area contributed by atoms with Crippen LogP contribution in [0.3, 0.4) is 0 Å². The second kappa shape index (κ2) is 2.89. The Morgan fingerprint density at radius 1 is 1.62 bits per heavy atom. The number of aromatic nitrogens is 1. The normalized spacial score (nSPS) is 16.5. The molecule has 2 heterocycles. The smallest absolute Gasteiger partial charge is 0.324 e. The minimum atomic E-state index is -0.381. The molecule has 0 atom stereocenters. The van der Waals surface area contributed by atoms with E-state index in [9.17, 15) is 9.59 Å². The summed E-state index contributed by atoms with van der Waals surface area (Å²) in [5, 5.41) is 6.01. The van der Waals surface area contributed by atoms with Gasteiger partial charge in [0.2, 0.25) is 5.91 Å². The van der Waals surface area contributed by atoms with E-state index in [1.165, 1.54) is 6.26 Å². The van der Waals surface area contributed by atoms with Gasteiger partial charge in [0.1, 0.15) is 12.0 Å². The molecule has 13 heavy (non-hydrogen) atoms. The summed E-state index contributed by atoms with van der Waals surface area (Å²) in [6, 6.07) is 1.23. The van der Waals surface area contributed by atoms with Crippen molar-refractivity contribution in [3.63, 3.8) is 0 Å². The number of rotatable bonds is 2. The molecule has 1 saturated heterocycles. The van der Waals surface area contributed by atoms with Gasteiger partial charge in [-0.3, -0.25) is 9.69 Å². The quantitative estimate of drug-likeness (QED) is 0.637. The Hall–Kier alpha value is -1.85. The summed E-state index contributed by atoms with van der Waals surface area (Å²) >= 11 is 0.